The van der Waals surface area contributed by atoms with Gasteiger partial charge in [-0.25, -0.2) is 0 Å². The van der Waals surface area contributed by atoms with Crippen LogP contribution in [0.1, 0.15) is 49.1 Å². The van der Waals surface area contributed by atoms with Gasteiger partial charge < -0.3 is 14.6 Å². The van der Waals surface area contributed by atoms with E-state index in [2.05, 4.69) is 4.74 Å². The molecule has 4 rings (SSSR count). The van der Waals surface area contributed by atoms with Gasteiger partial charge in [-0.2, -0.15) is 0 Å². The highest BCUT2D eigenvalue weighted by Crippen LogP contribution is 2.44. The number of ether oxygens (including phenoxy) is 2. The second-order valence-electron chi connectivity index (χ2n) is 10.3. The highest BCUT2D eigenvalue weighted by Gasteiger charge is 2.47. The maximum Gasteiger partial charge on any atom is 0.573 e. The fourth-order valence-electron chi connectivity index (χ4n) is 4.52. The number of carbonyl (C=O) groups is 2. The van der Waals surface area contributed by atoms with Crippen molar-refractivity contribution in [2.75, 3.05) is 12.0 Å². The van der Waals surface area contributed by atoms with E-state index in [4.69, 9.17) is 4.74 Å². The Morgan fingerprint density at radius 3 is 2.18 bits per heavy atom. The van der Waals surface area contributed by atoms with Gasteiger partial charge in [0.2, 0.25) is 0 Å². The van der Waals surface area contributed by atoms with Crippen LogP contribution < -0.4 is 14.4 Å². The molecule has 0 aliphatic carbocycles. The predicted octanol–water partition coefficient (Wildman–Crippen LogP) is 6.83. The molecule has 0 aromatic heterocycles. The molecule has 1 saturated heterocycles. The minimum absolute atomic E-state index is 0.141. The number of halogens is 3. The highest BCUT2D eigenvalue weighted by molar-refractivity contribution is 6.51. The number of hydrogen-bond donors (Lipinski definition) is 1. The van der Waals surface area contributed by atoms with Gasteiger partial charge in [0, 0.05) is 11.3 Å². The molecule has 1 aliphatic rings. The Kier molecular flexibility index (Phi) is 7.21. The predicted molar refractivity (Wildman–Crippen MR) is 141 cm³/mol. The summed E-state index contributed by atoms with van der Waals surface area (Å²) in [6.07, 6.45) is -4.88. The first-order chi connectivity index (χ1) is 18.2. The molecule has 204 valence electrons. The number of benzene rings is 3. The average Bonchev–Trinajstić information content (AvgIpc) is 3.13. The molecular formula is C30H28F3NO5. The Labute approximate surface area is 224 Å². The Morgan fingerprint density at radius 1 is 0.923 bits per heavy atom. The number of rotatable bonds is 5. The second kappa shape index (κ2) is 10.1. The molecular weight excluding hydrogens is 511 g/mol. The number of aliphatic hydroxyl groups is 1. The highest BCUT2D eigenvalue weighted by atomic mass is 19.4. The van der Waals surface area contributed by atoms with Crippen LogP contribution in [0.25, 0.3) is 5.76 Å². The van der Waals surface area contributed by atoms with Crippen LogP contribution in [0.5, 0.6) is 11.5 Å². The van der Waals surface area contributed by atoms with E-state index in [9.17, 15) is 27.9 Å². The quantitative estimate of drug-likeness (QED) is 0.219. The minimum atomic E-state index is -4.88. The van der Waals surface area contributed by atoms with Crippen LogP contribution >= 0.6 is 0 Å². The molecule has 0 saturated carbocycles. The number of anilines is 1. The number of amides is 1. The topological polar surface area (TPSA) is 76.1 Å². The first kappa shape index (κ1) is 27.8. The number of ketones is 1. The molecule has 1 heterocycles. The van der Waals surface area contributed by atoms with Gasteiger partial charge in [0.05, 0.1) is 18.7 Å². The number of Topliss-reactive ketones (excluding diaryl/α,β-unsaturated/α-hetero) is 1. The molecule has 1 unspecified atom stereocenters. The number of hydrogen-bond acceptors (Lipinski definition) is 5. The van der Waals surface area contributed by atoms with E-state index < -0.39 is 29.8 Å². The zero-order valence-corrected chi connectivity index (χ0v) is 22.1. The Bertz CT molecular complexity index is 1450. The Morgan fingerprint density at radius 2 is 1.59 bits per heavy atom. The van der Waals surface area contributed by atoms with Crippen molar-refractivity contribution in [3.63, 3.8) is 0 Å². The van der Waals surface area contributed by atoms with Crippen LogP contribution in [0.4, 0.5) is 18.9 Å². The van der Waals surface area contributed by atoms with E-state index in [0.29, 0.717) is 22.4 Å². The van der Waals surface area contributed by atoms with Crippen LogP contribution in [0, 0.1) is 6.92 Å². The Balaban J connectivity index is 1.92. The van der Waals surface area contributed by atoms with E-state index in [-0.39, 0.29) is 22.4 Å². The van der Waals surface area contributed by atoms with Crippen LogP contribution in [0.2, 0.25) is 0 Å². The molecule has 1 N–H and O–H groups in total. The van der Waals surface area contributed by atoms with Crippen molar-refractivity contribution in [1.29, 1.82) is 0 Å². The SMILES string of the molecule is COc1cccc(C2/C(=C(\O)c3cc(C(C)(C)C)ccc3C)C(=O)C(=O)N2c2ccc(OC(F)(F)F)cc2)c1. The maximum absolute atomic E-state index is 13.5. The third-order valence-electron chi connectivity index (χ3n) is 6.56. The largest absolute Gasteiger partial charge is 0.573 e. The summed E-state index contributed by atoms with van der Waals surface area (Å²) in [5, 5.41) is 11.6. The lowest BCUT2D eigenvalue weighted by atomic mass is 9.84. The van der Waals surface area contributed by atoms with Gasteiger partial charge in [-0.15, -0.1) is 13.2 Å². The number of aliphatic hydroxyl groups excluding tert-OH is 1. The molecule has 3 aromatic carbocycles. The molecule has 39 heavy (non-hydrogen) atoms. The van der Waals surface area contributed by atoms with Crippen molar-refractivity contribution in [2.45, 2.75) is 45.5 Å². The summed E-state index contributed by atoms with van der Waals surface area (Å²) in [5.74, 6) is -2.22. The van der Waals surface area contributed by atoms with Gasteiger partial charge in [-0.1, -0.05) is 45.0 Å². The van der Waals surface area contributed by atoms with Crippen LogP contribution in [-0.4, -0.2) is 30.3 Å². The van der Waals surface area contributed by atoms with E-state index in [0.717, 1.165) is 22.6 Å². The second-order valence-corrected chi connectivity index (χ2v) is 10.3. The fourth-order valence-corrected chi connectivity index (χ4v) is 4.52. The summed E-state index contributed by atoms with van der Waals surface area (Å²) in [4.78, 5) is 28.0. The summed E-state index contributed by atoms with van der Waals surface area (Å²) < 4.78 is 47.3. The molecule has 0 radical (unpaired) electrons. The smallest absolute Gasteiger partial charge is 0.507 e. The van der Waals surface area contributed by atoms with Crippen molar-refractivity contribution >= 4 is 23.1 Å². The van der Waals surface area contributed by atoms with Gasteiger partial charge in [-0.3, -0.25) is 14.5 Å². The number of aryl methyl sites for hydroxylation is 1. The van der Waals surface area contributed by atoms with E-state index >= 15 is 0 Å². The lowest BCUT2D eigenvalue weighted by Gasteiger charge is -2.26. The van der Waals surface area contributed by atoms with E-state index in [1.165, 1.54) is 19.2 Å². The molecule has 1 atom stereocenters. The third-order valence-corrected chi connectivity index (χ3v) is 6.56. The number of nitrogens with zero attached hydrogens (tertiary/aromatic N) is 1. The first-order valence-electron chi connectivity index (χ1n) is 12.1. The van der Waals surface area contributed by atoms with E-state index in [1.54, 1.807) is 37.3 Å². The van der Waals surface area contributed by atoms with Crippen molar-refractivity contribution in [3.8, 4) is 11.5 Å². The third kappa shape index (κ3) is 5.62. The molecule has 0 bridgehead atoms. The Hall–Kier alpha value is -4.27. The van der Waals surface area contributed by atoms with Crippen molar-refractivity contribution in [2.24, 2.45) is 0 Å². The first-order valence-corrected chi connectivity index (χ1v) is 12.1. The summed E-state index contributed by atoms with van der Waals surface area (Å²) >= 11 is 0. The van der Waals surface area contributed by atoms with Crippen LogP contribution in [-0.2, 0) is 15.0 Å². The summed E-state index contributed by atoms with van der Waals surface area (Å²) in [7, 11) is 1.47. The van der Waals surface area contributed by atoms with Gasteiger partial charge in [-0.05, 0) is 71.5 Å². The molecule has 0 spiro atoms. The van der Waals surface area contributed by atoms with Crippen LogP contribution in [0.3, 0.4) is 0 Å². The molecule has 1 amide bonds. The van der Waals surface area contributed by atoms with Gasteiger partial charge >= 0.3 is 6.36 Å². The number of alkyl halides is 3. The number of methoxy groups -OCH3 is 1. The molecule has 3 aromatic rings. The zero-order chi connectivity index (χ0) is 28.7. The lowest BCUT2D eigenvalue weighted by Crippen LogP contribution is -2.29. The summed E-state index contributed by atoms with van der Waals surface area (Å²) in [5.41, 5.74) is 2.25. The number of carbonyl (C=O) groups excluding carboxylic acids is 2. The van der Waals surface area contributed by atoms with Gasteiger partial charge in [0.15, 0.2) is 0 Å². The average molecular weight is 540 g/mol. The summed E-state index contributed by atoms with van der Waals surface area (Å²) in [6, 6.07) is 15.8. The van der Waals surface area contributed by atoms with Crippen LogP contribution in [0.15, 0.2) is 72.3 Å². The van der Waals surface area contributed by atoms with Crippen molar-refractivity contribution in [3.05, 3.63) is 94.6 Å². The minimum Gasteiger partial charge on any atom is -0.507 e. The standard InChI is InChI=1S/C30H28F3NO5/c1-17-9-10-19(29(2,3)4)16-23(17)26(35)24-25(18-7-6-8-22(15-18)38-5)34(28(37)27(24)36)20-11-13-21(14-12-20)39-30(31,32)33/h6-16,25,35H,1-5H3/b26-24+. The molecule has 6 nitrogen and oxygen atoms in total. The maximum atomic E-state index is 13.5. The van der Waals surface area contributed by atoms with Crippen molar-refractivity contribution < 1.29 is 37.3 Å². The lowest BCUT2D eigenvalue weighted by molar-refractivity contribution is -0.274. The molecule has 1 aliphatic heterocycles. The summed E-state index contributed by atoms with van der Waals surface area (Å²) in [6.45, 7) is 7.84. The fraction of sp³-hybridized carbons (Fsp3) is 0.267. The van der Waals surface area contributed by atoms with Gasteiger partial charge in [0.1, 0.15) is 17.3 Å². The van der Waals surface area contributed by atoms with Crippen molar-refractivity contribution in [1.82, 2.24) is 0 Å². The van der Waals surface area contributed by atoms with Gasteiger partial charge in [0.25, 0.3) is 11.7 Å². The zero-order valence-electron chi connectivity index (χ0n) is 22.1. The molecule has 9 heteroatoms. The monoisotopic (exact) mass is 539 g/mol. The van der Waals surface area contributed by atoms with E-state index in [1.807, 2.05) is 32.9 Å². The normalized spacial score (nSPS) is 17.4. The molecule has 1 fully saturated rings.